The van der Waals surface area contributed by atoms with Gasteiger partial charge in [0.05, 0.1) is 11.0 Å². The molecule has 1 amide bonds. The number of ether oxygens (including phenoxy) is 3. The highest BCUT2D eigenvalue weighted by Gasteiger charge is 2.32. The average Bonchev–Trinajstić information content (AvgIpc) is 3.08. The van der Waals surface area contributed by atoms with Crippen molar-refractivity contribution in [3.63, 3.8) is 0 Å². The third kappa shape index (κ3) is 3.56. The summed E-state index contributed by atoms with van der Waals surface area (Å²) in [6.45, 7) is 4.76. The molecule has 2 heterocycles. The first-order chi connectivity index (χ1) is 12.4. The first-order valence-corrected chi connectivity index (χ1v) is 8.44. The Morgan fingerprint density at radius 3 is 2.50 bits per heavy atom. The zero-order valence-electron chi connectivity index (χ0n) is 14.6. The predicted molar refractivity (Wildman–Crippen MR) is 89.1 cm³/mol. The first kappa shape index (κ1) is 18.0. The van der Waals surface area contributed by atoms with E-state index in [1.54, 1.807) is 4.90 Å². The second-order valence-electron chi connectivity index (χ2n) is 6.54. The SMILES string of the molecule is CC1CCN(C(=O)C(C)OC(=O)c2cc3c(cc2[N+](=O)[O-])OCO3)CC1. The van der Waals surface area contributed by atoms with Gasteiger partial charge in [-0.05, 0) is 25.7 Å². The van der Waals surface area contributed by atoms with Crippen LogP contribution in [0.4, 0.5) is 5.69 Å². The summed E-state index contributed by atoms with van der Waals surface area (Å²) in [6.07, 6.45) is 0.779. The van der Waals surface area contributed by atoms with Crippen LogP contribution in [0.15, 0.2) is 12.1 Å². The van der Waals surface area contributed by atoms with Crippen molar-refractivity contribution in [3.05, 3.63) is 27.8 Å². The van der Waals surface area contributed by atoms with Crippen LogP contribution in [0, 0.1) is 16.0 Å². The normalized spacial score (nSPS) is 17.7. The van der Waals surface area contributed by atoms with Gasteiger partial charge in [0.2, 0.25) is 6.79 Å². The second-order valence-corrected chi connectivity index (χ2v) is 6.54. The molecule has 0 bridgehead atoms. The fraction of sp³-hybridized carbons (Fsp3) is 0.529. The van der Waals surface area contributed by atoms with Gasteiger partial charge in [0, 0.05) is 19.2 Å². The van der Waals surface area contributed by atoms with Crippen molar-refractivity contribution in [3.8, 4) is 11.5 Å². The number of nitrogens with zero attached hydrogens (tertiary/aromatic N) is 2. The number of hydrogen-bond acceptors (Lipinski definition) is 7. The van der Waals surface area contributed by atoms with Gasteiger partial charge in [-0.1, -0.05) is 6.92 Å². The van der Waals surface area contributed by atoms with Gasteiger partial charge in [0.1, 0.15) is 5.56 Å². The van der Waals surface area contributed by atoms with Crippen LogP contribution >= 0.6 is 0 Å². The second kappa shape index (κ2) is 7.19. The Bertz CT molecular complexity index is 741. The quantitative estimate of drug-likeness (QED) is 0.457. The number of carbonyl (C=O) groups excluding carboxylic acids is 2. The van der Waals surface area contributed by atoms with Crippen LogP contribution in [0.1, 0.15) is 37.0 Å². The Kier molecular flexibility index (Phi) is 4.97. The van der Waals surface area contributed by atoms with Crippen molar-refractivity contribution in [2.75, 3.05) is 19.9 Å². The summed E-state index contributed by atoms with van der Waals surface area (Å²) in [4.78, 5) is 37.1. The Morgan fingerprint density at radius 1 is 1.27 bits per heavy atom. The molecule has 1 fully saturated rings. The number of likely N-dealkylation sites (tertiary alicyclic amines) is 1. The number of fused-ring (bicyclic) bond motifs is 1. The number of nitro benzene ring substituents is 1. The molecule has 9 heteroatoms. The van der Waals surface area contributed by atoms with Crippen molar-refractivity contribution in [1.82, 2.24) is 4.90 Å². The number of rotatable bonds is 4. The summed E-state index contributed by atoms with van der Waals surface area (Å²) in [5, 5.41) is 11.3. The molecular weight excluding hydrogens is 344 g/mol. The largest absolute Gasteiger partial charge is 0.454 e. The maximum absolute atomic E-state index is 12.4. The minimum absolute atomic E-state index is 0.0761. The molecule has 1 aromatic carbocycles. The molecule has 1 saturated heterocycles. The van der Waals surface area contributed by atoms with Gasteiger partial charge in [-0.15, -0.1) is 0 Å². The fourth-order valence-corrected chi connectivity index (χ4v) is 3.01. The molecule has 1 atom stereocenters. The smallest absolute Gasteiger partial charge is 0.346 e. The molecule has 1 aromatic rings. The van der Waals surface area contributed by atoms with Gasteiger partial charge < -0.3 is 19.1 Å². The Labute approximate surface area is 150 Å². The summed E-state index contributed by atoms with van der Waals surface area (Å²) < 4.78 is 15.4. The van der Waals surface area contributed by atoms with E-state index < -0.39 is 22.7 Å². The van der Waals surface area contributed by atoms with E-state index in [1.807, 2.05) is 0 Å². The molecule has 3 rings (SSSR count). The van der Waals surface area contributed by atoms with Crippen molar-refractivity contribution in [2.24, 2.45) is 5.92 Å². The van der Waals surface area contributed by atoms with E-state index >= 15 is 0 Å². The molecular formula is C17H20N2O7. The molecule has 140 valence electrons. The fourth-order valence-electron chi connectivity index (χ4n) is 3.01. The van der Waals surface area contributed by atoms with E-state index in [2.05, 4.69) is 6.92 Å². The molecule has 2 aliphatic heterocycles. The molecule has 0 aromatic heterocycles. The van der Waals surface area contributed by atoms with Crippen molar-refractivity contribution in [2.45, 2.75) is 32.8 Å². The third-order valence-electron chi connectivity index (χ3n) is 4.63. The minimum Gasteiger partial charge on any atom is -0.454 e. The minimum atomic E-state index is -1.03. The highest BCUT2D eigenvalue weighted by molar-refractivity contribution is 5.96. The van der Waals surface area contributed by atoms with Crippen molar-refractivity contribution < 1.29 is 28.7 Å². The van der Waals surface area contributed by atoms with Crippen molar-refractivity contribution >= 4 is 17.6 Å². The molecule has 2 aliphatic rings. The van der Waals surface area contributed by atoms with Crippen LogP contribution in [-0.4, -0.2) is 47.7 Å². The summed E-state index contributed by atoms with van der Waals surface area (Å²) in [7, 11) is 0. The van der Waals surface area contributed by atoms with Gasteiger partial charge >= 0.3 is 5.97 Å². The number of hydrogen-bond donors (Lipinski definition) is 0. The molecule has 0 saturated carbocycles. The lowest BCUT2D eigenvalue weighted by molar-refractivity contribution is -0.385. The molecule has 1 unspecified atom stereocenters. The number of piperidine rings is 1. The van der Waals surface area contributed by atoms with Crippen molar-refractivity contribution in [1.29, 1.82) is 0 Å². The van der Waals surface area contributed by atoms with E-state index in [1.165, 1.54) is 13.0 Å². The number of benzene rings is 1. The highest BCUT2D eigenvalue weighted by Crippen LogP contribution is 2.38. The Morgan fingerprint density at radius 2 is 1.88 bits per heavy atom. The monoisotopic (exact) mass is 364 g/mol. The van der Waals surface area contributed by atoms with E-state index in [4.69, 9.17) is 14.2 Å². The van der Waals surface area contributed by atoms with E-state index in [-0.39, 0.29) is 29.8 Å². The van der Waals surface area contributed by atoms with Gasteiger partial charge in [-0.2, -0.15) is 0 Å². The number of esters is 1. The van der Waals surface area contributed by atoms with Crippen LogP contribution in [-0.2, 0) is 9.53 Å². The lowest BCUT2D eigenvalue weighted by atomic mass is 9.99. The number of nitro groups is 1. The van der Waals surface area contributed by atoms with Crippen LogP contribution < -0.4 is 9.47 Å². The van der Waals surface area contributed by atoms with Crippen LogP contribution in [0.3, 0.4) is 0 Å². The van der Waals surface area contributed by atoms with Gasteiger partial charge in [-0.3, -0.25) is 14.9 Å². The Hall–Kier alpha value is -2.84. The topological polar surface area (TPSA) is 108 Å². The molecule has 26 heavy (non-hydrogen) atoms. The molecule has 0 N–H and O–H groups in total. The van der Waals surface area contributed by atoms with Gasteiger partial charge in [0.15, 0.2) is 17.6 Å². The zero-order valence-corrected chi connectivity index (χ0v) is 14.6. The molecule has 9 nitrogen and oxygen atoms in total. The average molecular weight is 364 g/mol. The summed E-state index contributed by atoms with van der Waals surface area (Å²) >= 11 is 0. The number of amides is 1. The van der Waals surface area contributed by atoms with E-state index in [0.29, 0.717) is 19.0 Å². The highest BCUT2D eigenvalue weighted by atomic mass is 16.7. The molecule has 0 spiro atoms. The zero-order chi connectivity index (χ0) is 18.8. The maximum Gasteiger partial charge on any atom is 0.346 e. The van der Waals surface area contributed by atoms with E-state index in [9.17, 15) is 19.7 Å². The lowest BCUT2D eigenvalue weighted by Gasteiger charge is -2.31. The summed E-state index contributed by atoms with van der Waals surface area (Å²) in [5.74, 6) is -0.255. The third-order valence-corrected chi connectivity index (χ3v) is 4.63. The Balaban J connectivity index is 1.73. The summed E-state index contributed by atoms with van der Waals surface area (Å²) in [5.41, 5.74) is -0.725. The standard InChI is InChI=1S/C17H20N2O7/c1-10-3-5-18(6-4-10)16(20)11(2)26-17(21)12-7-14-15(25-9-24-14)8-13(12)19(22)23/h7-8,10-11H,3-6,9H2,1-2H3. The maximum atomic E-state index is 12.4. The first-order valence-electron chi connectivity index (χ1n) is 8.44. The molecule has 0 radical (unpaired) electrons. The predicted octanol–water partition coefficient (Wildman–Crippen LogP) is 2.13. The van der Waals surface area contributed by atoms with Gasteiger partial charge in [-0.25, -0.2) is 4.79 Å². The van der Waals surface area contributed by atoms with Crippen LogP contribution in [0.2, 0.25) is 0 Å². The van der Waals surface area contributed by atoms with E-state index in [0.717, 1.165) is 18.9 Å². The molecule has 0 aliphatic carbocycles. The van der Waals surface area contributed by atoms with Crippen LogP contribution in [0.25, 0.3) is 0 Å². The van der Waals surface area contributed by atoms with Gasteiger partial charge in [0.25, 0.3) is 11.6 Å². The summed E-state index contributed by atoms with van der Waals surface area (Å²) in [6, 6.07) is 2.33. The lowest BCUT2D eigenvalue weighted by Crippen LogP contribution is -2.44. The van der Waals surface area contributed by atoms with Crippen LogP contribution in [0.5, 0.6) is 11.5 Å². The number of carbonyl (C=O) groups is 2.